The molecule has 1 N–H and O–H groups in total. The normalized spacial score (nSPS) is 10.8. The number of nitrogens with zero attached hydrogens (tertiary/aromatic N) is 3. The Balaban J connectivity index is 1.73. The van der Waals surface area contributed by atoms with Crippen molar-refractivity contribution in [2.24, 2.45) is 0 Å². The number of amides is 1. The maximum atomic E-state index is 12.8. The largest absolute Gasteiger partial charge is 0.345 e. The molecular weight excluding hydrogens is 372 g/mol. The van der Waals surface area contributed by atoms with E-state index in [1.807, 2.05) is 73.7 Å². The minimum absolute atomic E-state index is 0.155. The van der Waals surface area contributed by atoms with E-state index in [4.69, 9.17) is 0 Å². The Morgan fingerprint density at radius 2 is 1.63 bits per heavy atom. The third-order valence-corrected chi connectivity index (χ3v) is 5.22. The molecule has 0 spiro atoms. The van der Waals surface area contributed by atoms with E-state index in [-0.39, 0.29) is 11.7 Å². The Labute approximate surface area is 176 Å². The highest BCUT2D eigenvalue weighted by atomic mass is 16.2. The van der Waals surface area contributed by atoms with Crippen LogP contribution in [0.2, 0.25) is 0 Å². The molecule has 0 unspecified atom stereocenters. The number of benzene rings is 3. The molecule has 0 aliphatic heterocycles. The number of nitrogens with one attached hydrogen (secondary N) is 1. The van der Waals surface area contributed by atoms with Crippen molar-refractivity contribution in [3.63, 3.8) is 0 Å². The van der Waals surface area contributed by atoms with E-state index in [0.29, 0.717) is 12.4 Å². The Morgan fingerprint density at radius 1 is 0.900 bits per heavy atom. The van der Waals surface area contributed by atoms with Crippen LogP contribution < -0.4 is 5.32 Å². The predicted molar refractivity (Wildman–Crippen MR) is 119 cm³/mol. The van der Waals surface area contributed by atoms with E-state index >= 15 is 0 Å². The van der Waals surface area contributed by atoms with Crippen molar-refractivity contribution in [2.45, 2.75) is 27.3 Å². The Hall–Kier alpha value is -3.73. The standard InChI is InChI=1S/C25H24N4O/c1-17-12-14-21(15-13-17)24-27-23(25(30)26-16-20-9-5-4-6-10-20)28-29(24)22-11-7-8-18(2)19(22)3/h4-15H,16H2,1-3H3,(H,26,30). The lowest BCUT2D eigenvalue weighted by Gasteiger charge is -2.11. The van der Waals surface area contributed by atoms with Gasteiger partial charge in [-0.15, -0.1) is 5.10 Å². The number of aryl methyl sites for hydroxylation is 2. The van der Waals surface area contributed by atoms with Crippen LogP contribution in [0, 0.1) is 20.8 Å². The second kappa shape index (κ2) is 8.33. The second-order valence-electron chi connectivity index (χ2n) is 7.42. The summed E-state index contributed by atoms with van der Waals surface area (Å²) in [6, 6.07) is 23.9. The topological polar surface area (TPSA) is 59.8 Å². The number of aromatic nitrogens is 3. The van der Waals surface area contributed by atoms with Crippen LogP contribution in [0.25, 0.3) is 17.1 Å². The summed E-state index contributed by atoms with van der Waals surface area (Å²) >= 11 is 0. The molecule has 30 heavy (non-hydrogen) atoms. The minimum Gasteiger partial charge on any atom is -0.345 e. The quantitative estimate of drug-likeness (QED) is 0.528. The first kappa shape index (κ1) is 19.6. The van der Waals surface area contributed by atoms with Gasteiger partial charge in [-0.1, -0.05) is 72.3 Å². The van der Waals surface area contributed by atoms with Crippen molar-refractivity contribution in [3.8, 4) is 17.1 Å². The highest BCUT2D eigenvalue weighted by Gasteiger charge is 2.20. The summed E-state index contributed by atoms with van der Waals surface area (Å²) in [6.07, 6.45) is 0. The van der Waals surface area contributed by atoms with Gasteiger partial charge in [-0.2, -0.15) is 0 Å². The lowest BCUT2D eigenvalue weighted by atomic mass is 10.1. The molecule has 0 saturated carbocycles. The molecule has 0 saturated heterocycles. The molecule has 1 aromatic heterocycles. The fourth-order valence-electron chi connectivity index (χ4n) is 3.29. The number of hydrogen-bond donors (Lipinski definition) is 1. The van der Waals surface area contributed by atoms with Gasteiger partial charge in [-0.3, -0.25) is 4.79 Å². The van der Waals surface area contributed by atoms with Crippen molar-refractivity contribution in [1.29, 1.82) is 0 Å². The SMILES string of the molecule is Cc1ccc(-c2nc(C(=O)NCc3ccccc3)nn2-c2cccc(C)c2C)cc1. The molecule has 4 rings (SSSR count). The molecule has 5 nitrogen and oxygen atoms in total. The van der Waals surface area contributed by atoms with Gasteiger partial charge in [-0.25, -0.2) is 9.67 Å². The molecule has 3 aromatic carbocycles. The zero-order valence-electron chi connectivity index (χ0n) is 17.4. The van der Waals surface area contributed by atoms with Gasteiger partial charge in [0.2, 0.25) is 5.82 Å². The fourth-order valence-corrected chi connectivity index (χ4v) is 3.29. The summed E-state index contributed by atoms with van der Waals surface area (Å²) in [7, 11) is 0. The average molecular weight is 396 g/mol. The van der Waals surface area contributed by atoms with Crippen molar-refractivity contribution in [2.75, 3.05) is 0 Å². The van der Waals surface area contributed by atoms with Crippen LogP contribution in [-0.2, 0) is 6.54 Å². The van der Waals surface area contributed by atoms with Crippen LogP contribution >= 0.6 is 0 Å². The van der Waals surface area contributed by atoms with Gasteiger partial charge in [-0.05, 0) is 43.5 Å². The summed E-state index contributed by atoms with van der Waals surface area (Å²) in [6.45, 7) is 6.59. The summed E-state index contributed by atoms with van der Waals surface area (Å²) < 4.78 is 1.77. The Kier molecular flexibility index (Phi) is 5.44. The van der Waals surface area contributed by atoms with Crippen molar-refractivity contribution in [1.82, 2.24) is 20.1 Å². The first-order chi connectivity index (χ1) is 14.5. The van der Waals surface area contributed by atoms with Crippen LogP contribution in [0.5, 0.6) is 0 Å². The summed E-state index contributed by atoms with van der Waals surface area (Å²) in [4.78, 5) is 17.4. The van der Waals surface area contributed by atoms with Gasteiger partial charge in [0.15, 0.2) is 5.82 Å². The van der Waals surface area contributed by atoms with Gasteiger partial charge in [0.05, 0.1) is 5.69 Å². The molecule has 5 heteroatoms. The number of hydrogen-bond acceptors (Lipinski definition) is 3. The maximum Gasteiger partial charge on any atom is 0.291 e. The molecule has 0 fully saturated rings. The zero-order valence-corrected chi connectivity index (χ0v) is 17.4. The van der Waals surface area contributed by atoms with E-state index < -0.39 is 0 Å². The average Bonchev–Trinajstić information content (AvgIpc) is 3.20. The van der Waals surface area contributed by atoms with Gasteiger partial charge in [0, 0.05) is 12.1 Å². The van der Waals surface area contributed by atoms with E-state index in [1.165, 1.54) is 0 Å². The van der Waals surface area contributed by atoms with Crippen LogP contribution in [0.15, 0.2) is 72.8 Å². The third kappa shape index (κ3) is 4.01. The van der Waals surface area contributed by atoms with Crippen molar-refractivity contribution < 1.29 is 4.79 Å². The smallest absolute Gasteiger partial charge is 0.291 e. The Bertz CT molecular complexity index is 1180. The third-order valence-electron chi connectivity index (χ3n) is 5.22. The lowest BCUT2D eigenvalue weighted by molar-refractivity contribution is 0.0940. The van der Waals surface area contributed by atoms with Crippen LogP contribution in [0.3, 0.4) is 0 Å². The lowest BCUT2D eigenvalue weighted by Crippen LogP contribution is -2.24. The highest BCUT2D eigenvalue weighted by Crippen LogP contribution is 2.25. The maximum absolute atomic E-state index is 12.8. The van der Waals surface area contributed by atoms with Gasteiger partial charge in [0.1, 0.15) is 0 Å². The fraction of sp³-hybridized carbons (Fsp3) is 0.160. The monoisotopic (exact) mass is 396 g/mol. The summed E-state index contributed by atoms with van der Waals surface area (Å²) in [5, 5.41) is 7.50. The molecule has 4 aromatic rings. The molecule has 0 radical (unpaired) electrons. The first-order valence-corrected chi connectivity index (χ1v) is 9.96. The molecular formula is C25H24N4O. The molecule has 0 bridgehead atoms. The van der Waals surface area contributed by atoms with Crippen LogP contribution in [-0.4, -0.2) is 20.7 Å². The highest BCUT2D eigenvalue weighted by molar-refractivity contribution is 5.91. The zero-order chi connectivity index (χ0) is 21.1. The van der Waals surface area contributed by atoms with Gasteiger partial charge >= 0.3 is 0 Å². The molecule has 1 heterocycles. The van der Waals surface area contributed by atoms with E-state index in [0.717, 1.165) is 33.5 Å². The Morgan fingerprint density at radius 3 is 2.37 bits per heavy atom. The van der Waals surface area contributed by atoms with E-state index in [9.17, 15) is 4.79 Å². The molecule has 0 aliphatic carbocycles. The minimum atomic E-state index is -0.295. The summed E-state index contributed by atoms with van der Waals surface area (Å²) in [5.41, 5.74) is 6.28. The first-order valence-electron chi connectivity index (χ1n) is 9.96. The summed E-state index contributed by atoms with van der Waals surface area (Å²) in [5.74, 6) is 0.507. The number of carbonyl (C=O) groups excluding carboxylic acids is 1. The van der Waals surface area contributed by atoms with Crippen molar-refractivity contribution in [3.05, 3.63) is 101 Å². The van der Waals surface area contributed by atoms with Crippen LogP contribution in [0.1, 0.15) is 32.9 Å². The molecule has 1 amide bonds. The number of carbonyl (C=O) groups is 1. The van der Waals surface area contributed by atoms with E-state index in [2.05, 4.69) is 35.3 Å². The molecule has 0 atom stereocenters. The molecule has 0 aliphatic rings. The van der Waals surface area contributed by atoms with Crippen molar-refractivity contribution >= 4 is 5.91 Å². The molecule has 150 valence electrons. The predicted octanol–water partition coefficient (Wildman–Crippen LogP) is 4.79. The van der Waals surface area contributed by atoms with Crippen LogP contribution in [0.4, 0.5) is 0 Å². The van der Waals surface area contributed by atoms with Gasteiger partial charge < -0.3 is 5.32 Å². The second-order valence-corrected chi connectivity index (χ2v) is 7.42. The number of rotatable bonds is 5. The van der Waals surface area contributed by atoms with E-state index in [1.54, 1.807) is 4.68 Å². The van der Waals surface area contributed by atoms with Gasteiger partial charge in [0.25, 0.3) is 5.91 Å².